The Morgan fingerprint density at radius 3 is 1.40 bits per heavy atom. The second-order valence-corrected chi connectivity index (χ2v) is 17.8. The van der Waals surface area contributed by atoms with Gasteiger partial charge in [0.25, 0.3) is 0 Å². The molecule has 2 saturated carbocycles. The van der Waals surface area contributed by atoms with Crippen molar-refractivity contribution in [1.82, 2.24) is 9.80 Å². The van der Waals surface area contributed by atoms with Crippen molar-refractivity contribution in [2.75, 3.05) is 52.7 Å². The van der Waals surface area contributed by atoms with Crippen LogP contribution >= 0.6 is 0 Å². The molecule has 18 heteroatoms. The molecule has 0 bridgehead atoms. The maximum Gasteiger partial charge on any atom is 0.410 e. The molecule has 0 unspecified atom stereocenters. The summed E-state index contributed by atoms with van der Waals surface area (Å²) in [4.78, 5) is 55.4. The Kier molecular flexibility index (Phi) is 20.6. The molecule has 2 amide bonds. The van der Waals surface area contributed by atoms with E-state index in [1.54, 1.807) is 30.6 Å². The van der Waals surface area contributed by atoms with Crippen LogP contribution in [0.15, 0.2) is 5.11 Å². The van der Waals surface area contributed by atoms with Crippen molar-refractivity contribution in [2.45, 2.75) is 180 Å². The molecule has 0 aromatic rings. The summed E-state index contributed by atoms with van der Waals surface area (Å²) in [6.45, 7) is 21.3. The molecule has 0 aromatic carbocycles. The Balaban J connectivity index is 0.000000321. The van der Waals surface area contributed by atoms with Crippen LogP contribution in [0.1, 0.15) is 121 Å². The summed E-state index contributed by atoms with van der Waals surface area (Å²) in [5, 5.41) is 3.84. The van der Waals surface area contributed by atoms with Gasteiger partial charge >= 0.3 is 24.1 Å². The number of ether oxygens (including phenoxy) is 8. The molecule has 2 aliphatic carbocycles. The number of azide groups is 1. The Morgan fingerprint density at radius 1 is 0.617 bits per heavy atom. The van der Waals surface area contributed by atoms with Crippen molar-refractivity contribution >= 4 is 24.1 Å². The zero-order valence-electron chi connectivity index (χ0n) is 37.8. The number of likely N-dealkylation sites (tertiary alicyclic amines) is 2. The highest BCUT2D eigenvalue weighted by molar-refractivity contribution is 5.73. The van der Waals surface area contributed by atoms with Gasteiger partial charge in [0, 0.05) is 31.2 Å². The van der Waals surface area contributed by atoms with Crippen LogP contribution in [-0.4, -0.2) is 146 Å². The standard InChI is InChI=1S/C21H36N4O6.C21H38N2O6/c1-6-28-18-16(23-24-22)12-25(20(27)31-21(3,4)5)17(18)13-30-15-10-8-14(9-11-15)19(26)29-7-2;1-6-26-18-16(22)12-23(20(25)29-21(3,4)5)17(18)13-28-15-10-8-14(9-11-15)19(24)27-7-2/h14-18H,6-13H2,1-5H3;14-18H,6-13,22H2,1-5H3/t2*14?,15?,16-,17-,18+/m11/s1. The first-order valence-electron chi connectivity index (χ1n) is 21.9. The Hall–Kier alpha value is -3.41. The van der Waals surface area contributed by atoms with E-state index in [1.807, 2.05) is 48.5 Å². The Bertz CT molecular complexity index is 1400. The molecule has 6 atom stereocenters. The summed E-state index contributed by atoms with van der Waals surface area (Å²) >= 11 is 0. The minimum absolute atomic E-state index is 0.00745. The van der Waals surface area contributed by atoms with Crippen molar-refractivity contribution in [3.63, 3.8) is 0 Å². The van der Waals surface area contributed by atoms with Crippen molar-refractivity contribution in [2.24, 2.45) is 22.7 Å². The van der Waals surface area contributed by atoms with E-state index in [4.69, 9.17) is 49.2 Å². The van der Waals surface area contributed by atoms with Gasteiger partial charge in [-0.15, -0.1) is 0 Å². The number of esters is 2. The molecule has 0 radical (unpaired) electrons. The van der Waals surface area contributed by atoms with E-state index in [2.05, 4.69) is 10.0 Å². The highest BCUT2D eigenvalue weighted by atomic mass is 16.6. The van der Waals surface area contributed by atoms with Crippen LogP contribution in [0.4, 0.5) is 9.59 Å². The Morgan fingerprint density at radius 2 is 1.02 bits per heavy atom. The van der Waals surface area contributed by atoms with E-state index in [9.17, 15) is 19.2 Å². The average Bonchev–Trinajstić information content (AvgIpc) is 3.69. The normalized spacial score (nSPS) is 29.4. The lowest BCUT2D eigenvalue weighted by Gasteiger charge is -2.33. The van der Waals surface area contributed by atoms with E-state index < -0.39 is 41.6 Å². The van der Waals surface area contributed by atoms with Gasteiger partial charge in [-0.2, -0.15) is 0 Å². The van der Waals surface area contributed by atoms with Gasteiger partial charge in [0.15, 0.2) is 0 Å². The van der Waals surface area contributed by atoms with Crippen LogP contribution in [0.25, 0.3) is 10.4 Å². The highest BCUT2D eigenvalue weighted by Crippen LogP contribution is 2.32. The van der Waals surface area contributed by atoms with Gasteiger partial charge in [-0.05, 0) is 126 Å². The fourth-order valence-corrected chi connectivity index (χ4v) is 8.16. The average molecular weight is 855 g/mol. The van der Waals surface area contributed by atoms with Crippen molar-refractivity contribution in [3.05, 3.63) is 10.4 Å². The largest absolute Gasteiger partial charge is 0.466 e. The van der Waals surface area contributed by atoms with Crippen LogP contribution in [-0.2, 0) is 47.5 Å². The first-order chi connectivity index (χ1) is 28.4. The summed E-state index contributed by atoms with van der Waals surface area (Å²) in [5.74, 6) is -0.360. The zero-order chi connectivity index (χ0) is 44.6. The lowest BCUT2D eigenvalue weighted by Crippen LogP contribution is -2.47. The molecule has 4 fully saturated rings. The molecule has 4 aliphatic rings. The number of hydrogen-bond acceptors (Lipinski definition) is 14. The molecule has 60 heavy (non-hydrogen) atoms. The second kappa shape index (κ2) is 24.3. The minimum atomic E-state index is -0.647. The molecule has 0 spiro atoms. The topological polar surface area (TPSA) is 223 Å². The van der Waals surface area contributed by atoms with Crippen molar-refractivity contribution in [1.29, 1.82) is 0 Å². The fraction of sp³-hybridized carbons (Fsp3) is 0.905. The van der Waals surface area contributed by atoms with E-state index in [-0.39, 0.29) is 67.3 Å². The summed E-state index contributed by atoms with van der Waals surface area (Å²) < 4.78 is 45.3. The quantitative estimate of drug-likeness (QED) is 0.0628. The number of nitrogens with two attached hydrogens (primary N) is 1. The molecule has 4 rings (SSSR count). The molecule has 18 nitrogen and oxygen atoms in total. The maximum atomic E-state index is 12.8. The van der Waals surface area contributed by atoms with Crippen molar-refractivity contribution in [3.8, 4) is 0 Å². The third-order valence-electron chi connectivity index (χ3n) is 10.9. The molecule has 2 heterocycles. The van der Waals surface area contributed by atoms with Gasteiger partial charge in [0.05, 0.1) is 86.8 Å². The summed E-state index contributed by atoms with van der Waals surface area (Å²) in [5.41, 5.74) is 14.0. The smallest absolute Gasteiger partial charge is 0.410 e. The molecule has 344 valence electrons. The van der Waals surface area contributed by atoms with Gasteiger partial charge < -0.3 is 43.6 Å². The number of rotatable bonds is 15. The number of carbonyl (C=O) groups is 4. The summed E-state index contributed by atoms with van der Waals surface area (Å²) in [6, 6.07) is -1.50. The second-order valence-electron chi connectivity index (χ2n) is 17.8. The predicted octanol–water partition coefficient (Wildman–Crippen LogP) is 6.30. The van der Waals surface area contributed by atoms with Crippen LogP contribution in [0.2, 0.25) is 0 Å². The van der Waals surface area contributed by atoms with Crippen LogP contribution < -0.4 is 5.73 Å². The van der Waals surface area contributed by atoms with Crippen LogP contribution in [0.3, 0.4) is 0 Å². The third kappa shape index (κ3) is 15.8. The first kappa shape index (κ1) is 50.9. The minimum Gasteiger partial charge on any atom is -0.466 e. The van der Waals surface area contributed by atoms with E-state index in [0.29, 0.717) is 39.6 Å². The zero-order valence-corrected chi connectivity index (χ0v) is 37.8. The van der Waals surface area contributed by atoms with Crippen LogP contribution in [0, 0.1) is 11.8 Å². The van der Waals surface area contributed by atoms with Crippen LogP contribution in [0.5, 0.6) is 0 Å². The van der Waals surface area contributed by atoms with Gasteiger partial charge in [0.1, 0.15) is 11.2 Å². The number of hydrogen-bond donors (Lipinski definition) is 1. The number of amides is 2. The van der Waals surface area contributed by atoms with Gasteiger partial charge in [-0.1, -0.05) is 5.11 Å². The molecule has 0 aromatic heterocycles. The maximum absolute atomic E-state index is 12.8. The van der Waals surface area contributed by atoms with Gasteiger partial charge in [-0.25, -0.2) is 9.59 Å². The Labute approximate surface area is 356 Å². The number of carbonyl (C=O) groups excluding carboxylic acids is 4. The lowest BCUT2D eigenvalue weighted by atomic mass is 9.87. The monoisotopic (exact) mass is 855 g/mol. The summed E-state index contributed by atoms with van der Waals surface area (Å²) in [6.07, 6.45) is 4.49. The lowest BCUT2D eigenvalue weighted by molar-refractivity contribution is -0.151. The number of nitrogens with zero attached hydrogens (tertiary/aromatic N) is 5. The first-order valence-corrected chi connectivity index (χ1v) is 21.9. The molecule has 2 aliphatic heterocycles. The molecule has 2 saturated heterocycles. The molecular weight excluding hydrogens is 780 g/mol. The van der Waals surface area contributed by atoms with E-state index >= 15 is 0 Å². The fourth-order valence-electron chi connectivity index (χ4n) is 8.16. The SMILES string of the molecule is CCOC(=O)C1CCC(OC[C@@H]2[C@@H](OCC)[C@H](N)CN2C(=O)OC(C)(C)C)CC1.CCOC(=O)C1CCC(OC[C@@H]2[C@@H](OCC)[C@H](N=[N+]=[N-])CN2C(=O)OC(C)(C)C)CC1. The van der Waals surface area contributed by atoms with E-state index in [0.717, 1.165) is 51.4 Å². The third-order valence-corrected chi connectivity index (χ3v) is 10.9. The van der Waals surface area contributed by atoms with Gasteiger partial charge in [-0.3, -0.25) is 19.4 Å². The predicted molar refractivity (Wildman–Crippen MR) is 222 cm³/mol. The van der Waals surface area contributed by atoms with Crippen molar-refractivity contribution < 1.29 is 57.1 Å². The summed E-state index contributed by atoms with van der Waals surface area (Å²) in [7, 11) is 0. The molecular formula is C42H74N6O12. The van der Waals surface area contributed by atoms with Gasteiger partial charge in [0.2, 0.25) is 0 Å². The highest BCUT2D eigenvalue weighted by Gasteiger charge is 2.47. The molecule has 2 N–H and O–H groups in total. The van der Waals surface area contributed by atoms with E-state index in [1.165, 1.54) is 0 Å².